The predicted molar refractivity (Wildman–Crippen MR) is 111 cm³/mol. The van der Waals surface area contributed by atoms with Gasteiger partial charge in [-0.05, 0) is 51.0 Å². The summed E-state index contributed by atoms with van der Waals surface area (Å²) < 4.78 is 0. The SMILES string of the molecule is Cc1nc(NCCNC(=O)NC2CCCCC2)c2c3c(sc2n1)CCCC3. The Labute approximate surface area is 164 Å². The highest BCUT2D eigenvalue weighted by Gasteiger charge is 2.20. The highest BCUT2D eigenvalue weighted by molar-refractivity contribution is 7.19. The maximum atomic E-state index is 12.1. The predicted octanol–water partition coefficient (Wildman–Crippen LogP) is 3.92. The molecule has 0 unspecified atom stereocenters. The molecule has 4 rings (SSSR count). The maximum absolute atomic E-state index is 12.1. The van der Waals surface area contributed by atoms with E-state index in [0.717, 1.165) is 42.2 Å². The zero-order valence-electron chi connectivity index (χ0n) is 16.1. The van der Waals surface area contributed by atoms with E-state index in [9.17, 15) is 4.79 Å². The highest BCUT2D eigenvalue weighted by Crippen LogP contribution is 2.38. The molecular weight excluding hydrogens is 358 g/mol. The Bertz CT molecular complexity index is 812. The van der Waals surface area contributed by atoms with Crippen molar-refractivity contribution in [3.63, 3.8) is 0 Å². The molecule has 3 N–H and O–H groups in total. The van der Waals surface area contributed by atoms with Gasteiger partial charge in [-0.15, -0.1) is 11.3 Å². The van der Waals surface area contributed by atoms with Gasteiger partial charge in [-0.25, -0.2) is 14.8 Å². The molecule has 0 aromatic carbocycles. The fourth-order valence-electron chi connectivity index (χ4n) is 4.23. The van der Waals surface area contributed by atoms with Crippen LogP contribution in [-0.2, 0) is 12.8 Å². The van der Waals surface area contributed by atoms with E-state index in [1.807, 2.05) is 18.3 Å². The molecule has 0 aliphatic heterocycles. The average Bonchev–Trinajstić information content (AvgIpc) is 3.04. The van der Waals surface area contributed by atoms with Crippen molar-refractivity contribution in [2.75, 3.05) is 18.4 Å². The number of rotatable bonds is 5. The molecule has 2 aromatic rings. The molecule has 2 aromatic heterocycles. The third-order valence-corrected chi connectivity index (χ3v) is 6.76. The molecule has 0 atom stereocenters. The van der Waals surface area contributed by atoms with Crippen molar-refractivity contribution >= 4 is 33.4 Å². The number of nitrogens with one attached hydrogen (secondary N) is 3. The number of aromatic nitrogens is 2. The van der Waals surface area contributed by atoms with Gasteiger partial charge in [0.25, 0.3) is 0 Å². The summed E-state index contributed by atoms with van der Waals surface area (Å²) in [7, 11) is 0. The first-order valence-electron chi connectivity index (χ1n) is 10.3. The molecule has 6 nitrogen and oxygen atoms in total. The number of carbonyl (C=O) groups excluding carboxylic acids is 1. The van der Waals surface area contributed by atoms with Crippen LogP contribution >= 0.6 is 11.3 Å². The molecule has 0 radical (unpaired) electrons. The molecule has 146 valence electrons. The molecule has 1 fully saturated rings. The summed E-state index contributed by atoms with van der Waals surface area (Å²) in [5.74, 6) is 1.72. The second-order valence-corrected chi connectivity index (χ2v) is 8.76. The quantitative estimate of drug-likeness (QED) is 0.680. The fourth-order valence-corrected chi connectivity index (χ4v) is 5.54. The van der Waals surface area contributed by atoms with Crippen LogP contribution in [0.3, 0.4) is 0 Å². The van der Waals surface area contributed by atoms with Crippen LogP contribution in [0, 0.1) is 6.92 Å². The Hall–Kier alpha value is -1.89. The first kappa shape index (κ1) is 18.5. The van der Waals surface area contributed by atoms with Crippen LogP contribution in [0.4, 0.5) is 10.6 Å². The van der Waals surface area contributed by atoms with Crippen molar-refractivity contribution < 1.29 is 4.79 Å². The summed E-state index contributed by atoms with van der Waals surface area (Å²) in [5, 5.41) is 10.7. The Morgan fingerprint density at radius 3 is 2.74 bits per heavy atom. The van der Waals surface area contributed by atoms with Crippen molar-refractivity contribution in [2.45, 2.75) is 70.8 Å². The average molecular weight is 388 g/mol. The molecule has 0 spiro atoms. The lowest BCUT2D eigenvalue weighted by Gasteiger charge is -2.22. The normalized spacial score (nSPS) is 17.5. The third kappa shape index (κ3) is 4.34. The van der Waals surface area contributed by atoms with Crippen LogP contribution in [0.2, 0.25) is 0 Å². The number of nitrogens with zero attached hydrogens (tertiary/aromatic N) is 2. The topological polar surface area (TPSA) is 78.9 Å². The van der Waals surface area contributed by atoms with Crippen LogP contribution < -0.4 is 16.0 Å². The summed E-state index contributed by atoms with van der Waals surface area (Å²) >= 11 is 1.82. The number of fused-ring (bicyclic) bond motifs is 3. The van der Waals surface area contributed by atoms with Gasteiger partial charge in [-0.2, -0.15) is 0 Å². The number of hydrogen-bond acceptors (Lipinski definition) is 5. The van der Waals surface area contributed by atoms with Gasteiger partial charge < -0.3 is 16.0 Å². The third-order valence-electron chi connectivity index (χ3n) is 5.57. The van der Waals surface area contributed by atoms with E-state index in [-0.39, 0.29) is 6.03 Å². The van der Waals surface area contributed by atoms with Crippen molar-refractivity contribution in [1.82, 2.24) is 20.6 Å². The standard InChI is InChI=1S/C20H29N5OS/c1-13-23-18(17-15-9-5-6-10-16(15)27-19(17)24-13)21-11-12-22-20(26)25-14-7-3-2-4-8-14/h14H,2-12H2,1H3,(H,21,23,24)(H2,22,25,26). The number of amides is 2. The Morgan fingerprint density at radius 1 is 1.07 bits per heavy atom. The summed E-state index contributed by atoms with van der Waals surface area (Å²) in [4.78, 5) is 23.9. The van der Waals surface area contributed by atoms with Crippen molar-refractivity contribution in [3.8, 4) is 0 Å². The molecule has 7 heteroatoms. The van der Waals surface area contributed by atoms with Crippen LogP contribution in [0.5, 0.6) is 0 Å². The van der Waals surface area contributed by atoms with Crippen molar-refractivity contribution in [2.24, 2.45) is 0 Å². The molecule has 2 aliphatic rings. The summed E-state index contributed by atoms with van der Waals surface area (Å²) in [6.07, 6.45) is 10.8. The van der Waals surface area contributed by atoms with Gasteiger partial charge >= 0.3 is 6.03 Å². The highest BCUT2D eigenvalue weighted by atomic mass is 32.1. The lowest BCUT2D eigenvalue weighted by atomic mass is 9.96. The Balaban J connectivity index is 1.34. The largest absolute Gasteiger partial charge is 0.368 e. The zero-order valence-corrected chi connectivity index (χ0v) is 16.9. The Morgan fingerprint density at radius 2 is 1.89 bits per heavy atom. The summed E-state index contributed by atoms with van der Waals surface area (Å²) in [5.41, 5.74) is 1.44. The lowest BCUT2D eigenvalue weighted by Crippen LogP contribution is -2.44. The molecule has 2 aliphatic carbocycles. The summed E-state index contributed by atoms with van der Waals surface area (Å²) in [6.45, 7) is 3.18. The second kappa shape index (κ2) is 8.42. The van der Waals surface area contributed by atoms with Crippen LogP contribution in [0.1, 0.15) is 61.2 Å². The molecular formula is C20H29N5OS. The number of urea groups is 1. The van der Waals surface area contributed by atoms with Gasteiger partial charge in [0, 0.05) is 24.0 Å². The van der Waals surface area contributed by atoms with Crippen molar-refractivity contribution in [3.05, 3.63) is 16.3 Å². The molecule has 1 saturated carbocycles. The molecule has 0 bridgehead atoms. The van der Waals surface area contributed by atoms with Gasteiger partial charge in [-0.3, -0.25) is 0 Å². The van der Waals surface area contributed by atoms with E-state index in [0.29, 0.717) is 19.1 Å². The van der Waals surface area contributed by atoms with Gasteiger partial charge in [0.1, 0.15) is 16.5 Å². The van der Waals surface area contributed by atoms with Crippen LogP contribution in [0.25, 0.3) is 10.2 Å². The van der Waals surface area contributed by atoms with Crippen molar-refractivity contribution in [1.29, 1.82) is 0 Å². The van der Waals surface area contributed by atoms with Crippen LogP contribution in [-0.4, -0.2) is 35.1 Å². The van der Waals surface area contributed by atoms with Gasteiger partial charge in [-0.1, -0.05) is 19.3 Å². The molecule has 2 amide bonds. The van der Waals surface area contributed by atoms with Crippen LogP contribution in [0.15, 0.2) is 0 Å². The minimum absolute atomic E-state index is 0.0550. The number of anilines is 1. The number of carbonyl (C=O) groups is 1. The van der Waals surface area contributed by atoms with Gasteiger partial charge in [0.2, 0.25) is 0 Å². The fraction of sp³-hybridized carbons (Fsp3) is 0.650. The minimum atomic E-state index is -0.0550. The molecule has 0 saturated heterocycles. The van der Waals surface area contributed by atoms with E-state index >= 15 is 0 Å². The number of hydrogen-bond donors (Lipinski definition) is 3. The first-order valence-corrected chi connectivity index (χ1v) is 11.1. The van der Waals surface area contributed by atoms with E-state index in [4.69, 9.17) is 0 Å². The maximum Gasteiger partial charge on any atom is 0.315 e. The lowest BCUT2D eigenvalue weighted by molar-refractivity contribution is 0.233. The molecule has 2 heterocycles. The Kier molecular flexibility index (Phi) is 5.76. The van der Waals surface area contributed by atoms with E-state index in [1.165, 1.54) is 47.9 Å². The number of thiophene rings is 1. The second-order valence-electron chi connectivity index (χ2n) is 7.67. The molecule has 27 heavy (non-hydrogen) atoms. The number of aryl methyl sites for hydroxylation is 3. The summed E-state index contributed by atoms with van der Waals surface area (Å²) in [6, 6.07) is 0.286. The van der Waals surface area contributed by atoms with Gasteiger partial charge in [0.05, 0.1) is 5.39 Å². The van der Waals surface area contributed by atoms with E-state index in [1.54, 1.807) is 0 Å². The van der Waals surface area contributed by atoms with E-state index < -0.39 is 0 Å². The van der Waals surface area contributed by atoms with E-state index in [2.05, 4.69) is 25.9 Å². The smallest absolute Gasteiger partial charge is 0.315 e. The first-order chi connectivity index (χ1) is 13.2. The monoisotopic (exact) mass is 387 g/mol. The van der Waals surface area contributed by atoms with Gasteiger partial charge in [0.15, 0.2) is 0 Å². The zero-order chi connectivity index (χ0) is 18.6. The minimum Gasteiger partial charge on any atom is -0.368 e.